The Bertz CT molecular complexity index is 974. The van der Waals surface area contributed by atoms with Crippen molar-refractivity contribution in [2.75, 3.05) is 106 Å². The summed E-state index contributed by atoms with van der Waals surface area (Å²) in [5.74, 6) is 0. The molecule has 0 N–H and O–H groups in total. The van der Waals surface area contributed by atoms with Crippen LogP contribution in [0.2, 0.25) is 0 Å². The van der Waals surface area contributed by atoms with Gasteiger partial charge < -0.3 is 8.97 Å². The van der Waals surface area contributed by atoms with E-state index in [4.69, 9.17) is 0 Å². The Kier molecular flexibility index (Phi) is 7.53. The zero-order valence-electron chi connectivity index (χ0n) is 25.9. The summed E-state index contributed by atoms with van der Waals surface area (Å²) in [4.78, 5) is 17.0. The van der Waals surface area contributed by atoms with Gasteiger partial charge in [0.25, 0.3) is 0 Å². The summed E-state index contributed by atoms with van der Waals surface area (Å²) in [6.07, 6.45) is 4.88. The zero-order valence-corrected chi connectivity index (χ0v) is 25.9. The molecule has 6 aliphatic rings. The van der Waals surface area contributed by atoms with Gasteiger partial charge in [-0.05, 0) is 37.1 Å². The minimum absolute atomic E-state index is 0.550. The number of nitrogens with zero attached hydrogens (tertiary/aromatic N) is 8. The maximum Gasteiger partial charge on any atom is 0.175 e. The SMILES string of the molecule is CCCN1CC[N+]2(C)CCN3CCN(Cc4cccc(CN5CCN6CC[N+]7(C)CCN(CCC)C5C67)c4)C1C32. The van der Waals surface area contributed by atoms with E-state index in [0.29, 0.717) is 24.7 Å². The van der Waals surface area contributed by atoms with E-state index in [9.17, 15) is 0 Å². The molecular weight excluding hydrogens is 496 g/mol. The predicted octanol–water partition coefficient (Wildman–Crippen LogP) is 1.60. The first kappa shape index (κ1) is 27.7. The van der Waals surface area contributed by atoms with Crippen molar-refractivity contribution in [1.29, 1.82) is 0 Å². The number of benzene rings is 1. The normalized spacial score (nSPS) is 39.5. The molecular formula is C32H56N8+2. The van der Waals surface area contributed by atoms with Crippen LogP contribution in [0, 0.1) is 0 Å². The van der Waals surface area contributed by atoms with Crippen molar-refractivity contribution in [1.82, 2.24) is 29.4 Å². The molecule has 8 heteroatoms. The zero-order chi connectivity index (χ0) is 27.5. The van der Waals surface area contributed by atoms with Gasteiger partial charge in [0, 0.05) is 52.4 Å². The molecule has 7 rings (SSSR count). The molecule has 0 radical (unpaired) electrons. The quantitative estimate of drug-likeness (QED) is 0.453. The molecule has 0 aliphatic carbocycles. The molecule has 6 unspecified atom stereocenters. The molecule has 0 spiro atoms. The van der Waals surface area contributed by atoms with Crippen molar-refractivity contribution in [3.63, 3.8) is 0 Å². The number of rotatable bonds is 8. The maximum atomic E-state index is 2.85. The van der Waals surface area contributed by atoms with Crippen molar-refractivity contribution in [3.8, 4) is 0 Å². The second kappa shape index (κ2) is 10.9. The van der Waals surface area contributed by atoms with Crippen molar-refractivity contribution >= 4 is 0 Å². The number of quaternary nitrogens is 2. The third-order valence-electron chi connectivity index (χ3n) is 11.8. The first-order valence-corrected chi connectivity index (χ1v) is 16.6. The largest absolute Gasteiger partial charge is 0.306 e. The van der Waals surface area contributed by atoms with Crippen LogP contribution in [-0.2, 0) is 13.1 Å². The molecule has 6 heterocycles. The van der Waals surface area contributed by atoms with Crippen molar-refractivity contribution in [2.45, 2.75) is 64.4 Å². The van der Waals surface area contributed by atoms with Crippen LogP contribution in [0.3, 0.4) is 0 Å². The van der Waals surface area contributed by atoms with E-state index in [-0.39, 0.29) is 0 Å². The summed E-state index contributed by atoms with van der Waals surface area (Å²) in [7, 11) is 5.07. The Morgan fingerprint density at radius 2 is 1.05 bits per heavy atom. The van der Waals surface area contributed by atoms with Crippen molar-refractivity contribution < 1.29 is 8.97 Å². The number of hydrogen-bond acceptors (Lipinski definition) is 6. The average Bonchev–Trinajstić information content (AvgIpc) is 3.48. The van der Waals surface area contributed by atoms with E-state index >= 15 is 0 Å². The van der Waals surface area contributed by atoms with Crippen LogP contribution in [0.4, 0.5) is 0 Å². The fraction of sp³-hybridized carbons (Fsp3) is 0.812. The van der Waals surface area contributed by atoms with Gasteiger partial charge >= 0.3 is 0 Å². The van der Waals surface area contributed by atoms with Gasteiger partial charge in [-0.15, -0.1) is 0 Å². The first-order valence-electron chi connectivity index (χ1n) is 16.6. The van der Waals surface area contributed by atoms with Crippen molar-refractivity contribution in [3.05, 3.63) is 35.4 Å². The van der Waals surface area contributed by atoms with Gasteiger partial charge in [0.05, 0.1) is 53.4 Å². The third-order valence-corrected chi connectivity index (χ3v) is 11.8. The highest BCUT2D eigenvalue weighted by Gasteiger charge is 2.58. The number of piperazine rings is 4. The lowest BCUT2D eigenvalue weighted by atomic mass is 10.0. The van der Waals surface area contributed by atoms with E-state index < -0.39 is 0 Å². The van der Waals surface area contributed by atoms with Gasteiger partial charge in [-0.2, -0.15) is 0 Å². The van der Waals surface area contributed by atoms with Gasteiger partial charge in [-0.25, -0.2) is 9.80 Å². The minimum atomic E-state index is 0.550. The maximum absolute atomic E-state index is 2.85. The fourth-order valence-corrected chi connectivity index (χ4v) is 9.70. The lowest BCUT2D eigenvalue weighted by Crippen LogP contribution is -2.75. The summed E-state index contributed by atoms with van der Waals surface area (Å²) < 4.78 is 2.50. The summed E-state index contributed by atoms with van der Waals surface area (Å²) in [6.45, 7) is 24.5. The Balaban J connectivity index is 1.10. The summed E-state index contributed by atoms with van der Waals surface area (Å²) >= 11 is 0. The molecule has 222 valence electrons. The molecule has 0 saturated carbocycles. The Morgan fingerprint density at radius 3 is 1.50 bits per heavy atom. The number of hydrogen-bond donors (Lipinski definition) is 0. The van der Waals surface area contributed by atoms with E-state index in [1.54, 1.807) is 0 Å². The highest BCUT2D eigenvalue weighted by molar-refractivity contribution is 5.24. The topological polar surface area (TPSA) is 19.4 Å². The lowest BCUT2D eigenvalue weighted by Gasteiger charge is -2.56. The van der Waals surface area contributed by atoms with Crippen molar-refractivity contribution in [2.24, 2.45) is 0 Å². The summed E-state index contributed by atoms with van der Waals surface area (Å²) in [5, 5.41) is 0. The van der Waals surface area contributed by atoms with Crippen LogP contribution in [-0.4, -0.2) is 169 Å². The van der Waals surface area contributed by atoms with Crippen LogP contribution in [0.5, 0.6) is 0 Å². The molecule has 0 bridgehead atoms. The average molecular weight is 553 g/mol. The minimum Gasteiger partial charge on any atom is -0.306 e. The molecule has 0 amide bonds. The molecule has 1 aromatic carbocycles. The molecule has 6 aliphatic heterocycles. The van der Waals surface area contributed by atoms with E-state index in [1.165, 1.54) is 125 Å². The van der Waals surface area contributed by atoms with Gasteiger partial charge in [0.15, 0.2) is 12.3 Å². The van der Waals surface area contributed by atoms with E-state index in [2.05, 4.69) is 81.6 Å². The summed E-state index contributed by atoms with van der Waals surface area (Å²) in [5.41, 5.74) is 3.02. The van der Waals surface area contributed by atoms with Crippen LogP contribution >= 0.6 is 0 Å². The fourth-order valence-electron chi connectivity index (χ4n) is 9.70. The molecule has 6 fully saturated rings. The second-order valence-corrected chi connectivity index (χ2v) is 14.4. The van der Waals surface area contributed by atoms with Crippen LogP contribution in [0.15, 0.2) is 24.3 Å². The third kappa shape index (κ3) is 4.67. The van der Waals surface area contributed by atoms with Crippen LogP contribution < -0.4 is 0 Å². The number of likely N-dealkylation sites (N-methyl/N-ethyl adjacent to an activating group) is 2. The molecule has 0 aromatic heterocycles. The Hall–Kier alpha value is -1.10. The molecule has 40 heavy (non-hydrogen) atoms. The van der Waals surface area contributed by atoms with E-state index in [1.807, 2.05) is 0 Å². The first-order chi connectivity index (χ1) is 19.4. The predicted molar refractivity (Wildman–Crippen MR) is 161 cm³/mol. The molecule has 6 saturated heterocycles. The van der Waals surface area contributed by atoms with Gasteiger partial charge in [0.1, 0.15) is 12.3 Å². The van der Waals surface area contributed by atoms with Crippen LogP contribution in [0.25, 0.3) is 0 Å². The van der Waals surface area contributed by atoms with Gasteiger partial charge in [-0.3, -0.25) is 19.6 Å². The highest BCUT2D eigenvalue weighted by atomic mass is 15.6. The van der Waals surface area contributed by atoms with Gasteiger partial charge in [0.2, 0.25) is 0 Å². The second-order valence-electron chi connectivity index (χ2n) is 14.4. The Morgan fingerprint density at radius 1 is 0.600 bits per heavy atom. The lowest BCUT2D eigenvalue weighted by molar-refractivity contribution is -0.937. The van der Waals surface area contributed by atoms with Crippen LogP contribution in [0.1, 0.15) is 37.8 Å². The van der Waals surface area contributed by atoms with Gasteiger partial charge in [-0.1, -0.05) is 38.1 Å². The van der Waals surface area contributed by atoms with E-state index in [0.717, 1.165) is 13.1 Å². The standard InChI is InChI=1S/C32H56N8/c1-5-10-33-16-20-39(3)22-18-35-12-14-37(29(33)31(35)39)25-27-8-7-9-28(24-27)26-38-15-13-36-19-23-40(4)21-17-34(11-6-2)30(38)32(36)40/h7-9,24,29-32H,5-6,10-23,25-26H2,1-4H3/q+2. The Labute approximate surface area is 243 Å². The monoisotopic (exact) mass is 552 g/mol. The molecule has 8 nitrogen and oxygen atoms in total. The summed E-state index contributed by atoms with van der Waals surface area (Å²) in [6, 6.07) is 9.71. The smallest absolute Gasteiger partial charge is 0.175 e. The molecule has 1 aromatic rings. The highest BCUT2D eigenvalue weighted by Crippen LogP contribution is 2.38. The molecule has 6 atom stereocenters.